The quantitative estimate of drug-likeness (QED) is 0.798. The van der Waals surface area contributed by atoms with Gasteiger partial charge in [0.2, 0.25) is 0 Å². The summed E-state index contributed by atoms with van der Waals surface area (Å²) in [6.45, 7) is 0.875. The van der Waals surface area contributed by atoms with E-state index in [-0.39, 0.29) is 23.4 Å². The van der Waals surface area contributed by atoms with Crippen LogP contribution in [0.15, 0.2) is 18.2 Å². The van der Waals surface area contributed by atoms with Crippen LogP contribution < -0.4 is 15.4 Å². The molecule has 24 heavy (non-hydrogen) atoms. The van der Waals surface area contributed by atoms with Crippen LogP contribution in [0, 0.1) is 5.92 Å². The second-order valence-electron chi connectivity index (χ2n) is 6.24. The molecule has 1 aliphatic heterocycles. The Labute approximate surface area is 134 Å². The predicted octanol–water partition coefficient (Wildman–Crippen LogP) is 1.94. The van der Waals surface area contributed by atoms with Gasteiger partial charge in [0.05, 0.1) is 5.52 Å². The zero-order valence-electron chi connectivity index (χ0n) is 12.5. The smallest absolute Gasteiger partial charge is 0.406 e. The summed E-state index contributed by atoms with van der Waals surface area (Å²) in [5.74, 6) is -0.370. The molecule has 1 aliphatic carbocycles. The summed E-state index contributed by atoms with van der Waals surface area (Å²) in [5.41, 5.74) is 0.553. The van der Waals surface area contributed by atoms with Gasteiger partial charge in [-0.05, 0) is 37.0 Å². The summed E-state index contributed by atoms with van der Waals surface area (Å²) < 4.78 is 41.0. The number of piperidine rings is 1. The van der Waals surface area contributed by atoms with Crippen molar-refractivity contribution in [2.24, 2.45) is 5.92 Å². The van der Waals surface area contributed by atoms with E-state index in [9.17, 15) is 18.0 Å². The number of halogens is 3. The van der Waals surface area contributed by atoms with Crippen molar-refractivity contribution in [2.45, 2.75) is 31.3 Å². The summed E-state index contributed by atoms with van der Waals surface area (Å²) in [4.78, 5) is 12.5. The number of nitrogens with one attached hydrogen (secondary N) is 3. The largest absolute Gasteiger partial charge is 0.573 e. The third-order valence-corrected chi connectivity index (χ3v) is 4.66. The van der Waals surface area contributed by atoms with Gasteiger partial charge in [-0.3, -0.25) is 9.89 Å². The molecule has 6 nitrogen and oxygen atoms in total. The van der Waals surface area contributed by atoms with Gasteiger partial charge in [0.1, 0.15) is 5.75 Å². The van der Waals surface area contributed by atoms with Crippen LogP contribution in [0.25, 0.3) is 10.9 Å². The fraction of sp³-hybridized carbons (Fsp3) is 0.467. The van der Waals surface area contributed by atoms with E-state index in [2.05, 4.69) is 25.6 Å². The van der Waals surface area contributed by atoms with Gasteiger partial charge in [0.25, 0.3) is 5.91 Å². The number of fused-ring (bicyclic) bond motifs is 3. The Kier molecular flexibility index (Phi) is 3.41. The SMILES string of the molecule is O=C(N[C@@H]1C[C@@H]2C[C@H]1CN2)c1n[nH]c2ccc(OC(F)(F)F)cc12. The Hall–Kier alpha value is -2.29. The minimum absolute atomic E-state index is 0.0742. The first-order chi connectivity index (χ1) is 11.4. The first kappa shape index (κ1) is 15.3. The van der Waals surface area contributed by atoms with Crippen molar-refractivity contribution >= 4 is 16.8 Å². The molecule has 2 fully saturated rings. The normalized spacial score (nSPS) is 26.0. The highest BCUT2D eigenvalue weighted by Crippen LogP contribution is 2.32. The van der Waals surface area contributed by atoms with Crippen LogP contribution in [0.4, 0.5) is 13.2 Å². The van der Waals surface area contributed by atoms with Gasteiger partial charge in [0, 0.05) is 24.0 Å². The predicted molar refractivity (Wildman–Crippen MR) is 78.5 cm³/mol. The lowest BCUT2D eigenvalue weighted by Crippen LogP contribution is -2.44. The number of carbonyl (C=O) groups is 1. The molecule has 1 saturated heterocycles. The summed E-state index contributed by atoms with van der Waals surface area (Å²) in [6.07, 6.45) is -2.88. The van der Waals surface area contributed by atoms with Gasteiger partial charge in [-0.1, -0.05) is 0 Å². The number of ether oxygens (including phenoxy) is 1. The van der Waals surface area contributed by atoms with Crippen LogP contribution in [0.1, 0.15) is 23.3 Å². The van der Waals surface area contributed by atoms with Gasteiger partial charge in [0.15, 0.2) is 5.69 Å². The average Bonchev–Trinajstić information content (AvgIpc) is 3.19. The highest BCUT2D eigenvalue weighted by molar-refractivity contribution is 6.05. The summed E-state index contributed by atoms with van der Waals surface area (Å²) >= 11 is 0. The van der Waals surface area contributed by atoms with Crippen molar-refractivity contribution in [3.05, 3.63) is 23.9 Å². The summed E-state index contributed by atoms with van der Waals surface area (Å²) in [7, 11) is 0. The molecular formula is C15H15F3N4O2. The van der Waals surface area contributed by atoms with E-state index in [0.717, 1.165) is 19.4 Å². The maximum Gasteiger partial charge on any atom is 0.573 e. The summed E-state index contributed by atoms with van der Waals surface area (Å²) in [5, 5.41) is 13.2. The van der Waals surface area contributed by atoms with Gasteiger partial charge < -0.3 is 15.4 Å². The Morgan fingerprint density at radius 1 is 1.33 bits per heavy atom. The van der Waals surface area contributed by atoms with Crippen LogP contribution in [0.2, 0.25) is 0 Å². The lowest BCUT2D eigenvalue weighted by Gasteiger charge is -2.23. The third kappa shape index (κ3) is 2.79. The molecule has 0 unspecified atom stereocenters. The summed E-state index contributed by atoms with van der Waals surface area (Å²) in [6, 6.07) is 4.26. The van der Waals surface area contributed by atoms with Crippen LogP contribution in [0.5, 0.6) is 5.75 Å². The number of rotatable bonds is 3. The van der Waals surface area contributed by atoms with Crippen LogP contribution >= 0.6 is 0 Å². The number of H-pyrrole nitrogens is 1. The molecule has 1 amide bonds. The number of alkyl halides is 3. The van der Waals surface area contributed by atoms with Crippen molar-refractivity contribution in [1.82, 2.24) is 20.8 Å². The molecule has 2 aromatic rings. The molecule has 0 radical (unpaired) electrons. The molecule has 9 heteroatoms. The first-order valence-electron chi connectivity index (χ1n) is 7.67. The van der Waals surface area contributed by atoms with Crippen LogP contribution in [-0.2, 0) is 0 Å². The monoisotopic (exact) mass is 340 g/mol. The van der Waals surface area contributed by atoms with Crippen molar-refractivity contribution in [1.29, 1.82) is 0 Å². The maximum absolute atomic E-state index is 12.5. The number of hydrogen-bond acceptors (Lipinski definition) is 4. The molecule has 1 aromatic carbocycles. The van der Waals surface area contributed by atoms with Crippen molar-refractivity contribution in [2.75, 3.05) is 6.54 Å². The van der Waals surface area contributed by atoms with Crippen molar-refractivity contribution in [3.63, 3.8) is 0 Å². The maximum atomic E-state index is 12.5. The lowest BCUT2D eigenvalue weighted by atomic mass is 10.0. The Morgan fingerprint density at radius 3 is 2.83 bits per heavy atom. The second kappa shape index (κ2) is 5.37. The molecule has 3 N–H and O–H groups in total. The average molecular weight is 340 g/mol. The molecule has 2 heterocycles. The van der Waals surface area contributed by atoms with Gasteiger partial charge in [-0.25, -0.2) is 0 Å². The van der Waals surface area contributed by atoms with E-state index in [1.54, 1.807) is 0 Å². The lowest BCUT2D eigenvalue weighted by molar-refractivity contribution is -0.274. The third-order valence-electron chi connectivity index (χ3n) is 4.66. The Bertz CT molecular complexity index is 789. The number of aromatic amines is 1. The van der Waals surface area contributed by atoms with Crippen molar-refractivity contribution in [3.8, 4) is 5.75 Å². The standard InChI is InChI=1S/C15H15F3N4O2/c16-15(17,18)24-9-1-2-11-10(5-9)13(22-21-11)14(23)20-12-4-8-3-7(12)6-19-8/h1-2,5,7-8,12,19H,3-4,6H2,(H,20,23)(H,21,22)/t7-,8-,12+/m0/s1. The number of benzene rings is 1. The number of amides is 1. The Balaban J connectivity index is 1.56. The number of carbonyl (C=O) groups excluding carboxylic acids is 1. The molecule has 128 valence electrons. The molecular weight excluding hydrogens is 325 g/mol. The molecule has 4 rings (SSSR count). The van der Waals surface area contributed by atoms with E-state index < -0.39 is 6.36 Å². The molecule has 2 bridgehead atoms. The fourth-order valence-electron chi connectivity index (χ4n) is 3.61. The van der Waals surface area contributed by atoms with E-state index in [4.69, 9.17) is 0 Å². The molecule has 1 saturated carbocycles. The highest BCUT2D eigenvalue weighted by Gasteiger charge is 2.40. The topological polar surface area (TPSA) is 79.0 Å². The number of aromatic nitrogens is 2. The van der Waals surface area contributed by atoms with Crippen LogP contribution in [0.3, 0.4) is 0 Å². The highest BCUT2D eigenvalue weighted by atomic mass is 19.4. The van der Waals surface area contributed by atoms with Gasteiger partial charge in [-0.2, -0.15) is 5.10 Å². The van der Waals surface area contributed by atoms with Gasteiger partial charge in [-0.15, -0.1) is 13.2 Å². The Morgan fingerprint density at radius 2 is 2.17 bits per heavy atom. The molecule has 3 atom stereocenters. The van der Waals surface area contributed by atoms with E-state index in [1.807, 2.05) is 0 Å². The zero-order valence-corrected chi connectivity index (χ0v) is 12.5. The minimum Gasteiger partial charge on any atom is -0.406 e. The van der Waals surface area contributed by atoms with E-state index in [0.29, 0.717) is 22.9 Å². The van der Waals surface area contributed by atoms with E-state index in [1.165, 1.54) is 18.2 Å². The molecule has 1 aromatic heterocycles. The van der Waals surface area contributed by atoms with E-state index >= 15 is 0 Å². The fourth-order valence-corrected chi connectivity index (χ4v) is 3.61. The zero-order chi connectivity index (χ0) is 16.9. The molecule has 2 aliphatic rings. The number of hydrogen-bond donors (Lipinski definition) is 3. The molecule has 0 spiro atoms. The van der Waals surface area contributed by atoms with Gasteiger partial charge >= 0.3 is 6.36 Å². The minimum atomic E-state index is -4.78. The number of nitrogens with zero attached hydrogens (tertiary/aromatic N) is 1. The first-order valence-corrected chi connectivity index (χ1v) is 7.67. The van der Waals surface area contributed by atoms with Crippen LogP contribution in [-0.4, -0.2) is 41.1 Å². The van der Waals surface area contributed by atoms with Crippen molar-refractivity contribution < 1.29 is 22.7 Å². The second-order valence-corrected chi connectivity index (χ2v) is 6.24.